The molecule has 0 radical (unpaired) electrons. The average molecular weight is 425 g/mol. The minimum atomic E-state index is 0.483. The molecule has 1 aliphatic heterocycles. The number of aryl methyl sites for hydroxylation is 2. The van der Waals surface area contributed by atoms with Gasteiger partial charge < -0.3 is 25.0 Å². The number of benzene rings is 2. The van der Waals surface area contributed by atoms with Crippen LogP contribution in [0.3, 0.4) is 0 Å². The van der Waals surface area contributed by atoms with Gasteiger partial charge in [-0.05, 0) is 49.1 Å². The van der Waals surface area contributed by atoms with E-state index in [0.29, 0.717) is 25.6 Å². The molecule has 0 spiro atoms. The highest BCUT2D eigenvalue weighted by molar-refractivity contribution is 5.80. The van der Waals surface area contributed by atoms with Gasteiger partial charge in [-0.3, -0.25) is 4.99 Å². The first-order valence-electron chi connectivity index (χ1n) is 11.0. The van der Waals surface area contributed by atoms with Crippen LogP contribution in [-0.2, 0) is 17.8 Å². The first kappa shape index (κ1) is 22.9. The zero-order valence-electron chi connectivity index (χ0n) is 19.5. The molecule has 0 bridgehead atoms. The fourth-order valence-electron chi connectivity index (χ4n) is 3.68. The first-order chi connectivity index (χ1) is 15.0. The second kappa shape index (κ2) is 11.0. The van der Waals surface area contributed by atoms with E-state index in [-0.39, 0.29) is 0 Å². The van der Waals surface area contributed by atoms with Crippen molar-refractivity contribution < 1.29 is 9.47 Å². The van der Waals surface area contributed by atoms with Gasteiger partial charge in [0.05, 0.1) is 13.2 Å². The van der Waals surface area contributed by atoms with Crippen molar-refractivity contribution in [3.8, 4) is 5.75 Å². The topological polar surface area (TPSA) is 58.1 Å². The maximum atomic E-state index is 6.16. The minimum absolute atomic E-state index is 0.483. The van der Waals surface area contributed by atoms with Gasteiger partial charge in [-0.2, -0.15) is 0 Å². The molecule has 2 aromatic rings. The number of nitrogens with one attached hydrogen (secondary N) is 2. The number of guanidine groups is 1. The van der Waals surface area contributed by atoms with Crippen molar-refractivity contribution in [2.45, 2.75) is 33.4 Å². The van der Waals surface area contributed by atoms with Crippen molar-refractivity contribution >= 4 is 11.6 Å². The lowest BCUT2D eigenvalue weighted by Gasteiger charge is -2.20. The molecule has 3 rings (SSSR count). The highest BCUT2D eigenvalue weighted by atomic mass is 16.5. The van der Waals surface area contributed by atoms with Gasteiger partial charge in [-0.1, -0.05) is 24.3 Å². The number of hydrogen-bond donors (Lipinski definition) is 2. The standard InChI is InChI=1S/C25H36N4O2/c1-18-6-8-21(23(12-18)29(4)5)14-27-25(26-3)28-15-22-9-7-19(2)13-24(22)31-17-20-10-11-30-16-20/h6-9,12-13,20H,10-11,14-17H2,1-5H3,(H2,26,27,28). The Bertz CT molecular complexity index is 889. The summed E-state index contributed by atoms with van der Waals surface area (Å²) < 4.78 is 11.6. The number of ether oxygens (including phenoxy) is 2. The normalized spacial score (nSPS) is 16.3. The molecule has 0 saturated carbocycles. The van der Waals surface area contributed by atoms with Gasteiger partial charge in [-0.15, -0.1) is 0 Å². The van der Waals surface area contributed by atoms with Gasteiger partial charge in [-0.25, -0.2) is 0 Å². The fraction of sp³-hybridized carbons (Fsp3) is 0.480. The summed E-state index contributed by atoms with van der Waals surface area (Å²) in [6.07, 6.45) is 1.07. The molecule has 31 heavy (non-hydrogen) atoms. The monoisotopic (exact) mass is 424 g/mol. The first-order valence-corrected chi connectivity index (χ1v) is 11.0. The lowest BCUT2D eigenvalue weighted by atomic mass is 10.1. The third-order valence-corrected chi connectivity index (χ3v) is 5.56. The zero-order valence-corrected chi connectivity index (χ0v) is 19.5. The van der Waals surface area contributed by atoms with Crippen molar-refractivity contribution in [1.29, 1.82) is 0 Å². The summed E-state index contributed by atoms with van der Waals surface area (Å²) in [7, 11) is 5.94. The van der Waals surface area contributed by atoms with Crippen LogP contribution >= 0.6 is 0 Å². The molecular weight excluding hydrogens is 388 g/mol. The fourth-order valence-corrected chi connectivity index (χ4v) is 3.68. The number of rotatable bonds is 8. The summed E-state index contributed by atoms with van der Waals surface area (Å²) >= 11 is 0. The van der Waals surface area contributed by atoms with E-state index in [1.54, 1.807) is 7.05 Å². The summed E-state index contributed by atoms with van der Waals surface area (Å²) in [4.78, 5) is 6.53. The molecule has 2 N–H and O–H groups in total. The quantitative estimate of drug-likeness (QED) is 0.500. The second-order valence-corrected chi connectivity index (χ2v) is 8.46. The Morgan fingerprint density at radius 1 is 1.06 bits per heavy atom. The average Bonchev–Trinajstić information content (AvgIpc) is 3.27. The highest BCUT2D eigenvalue weighted by Gasteiger charge is 2.17. The van der Waals surface area contributed by atoms with Crippen molar-refractivity contribution in [1.82, 2.24) is 10.6 Å². The van der Waals surface area contributed by atoms with Crippen LogP contribution in [0, 0.1) is 19.8 Å². The van der Waals surface area contributed by atoms with Crippen LogP contribution in [0.25, 0.3) is 0 Å². The summed E-state index contributed by atoms with van der Waals surface area (Å²) in [5, 5.41) is 6.86. The van der Waals surface area contributed by atoms with Crippen LogP contribution in [0.1, 0.15) is 28.7 Å². The molecule has 1 saturated heterocycles. The van der Waals surface area contributed by atoms with Crippen LogP contribution in [-0.4, -0.2) is 46.9 Å². The Hall–Kier alpha value is -2.73. The van der Waals surface area contributed by atoms with E-state index in [2.05, 4.69) is 84.9 Å². The maximum absolute atomic E-state index is 6.16. The van der Waals surface area contributed by atoms with Crippen LogP contribution in [0.4, 0.5) is 5.69 Å². The molecule has 1 atom stereocenters. The minimum Gasteiger partial charge on any atom is -0.493 e. The van der Waals surface area contributed by atoms with Crippen molar-refractivity contribution in [3.63, 3.8) is 0 Å². The summed E-state index contributed by atoms with van der Waals surface area (Å²) in [6.45, 7) is 7.89. The van der Waals surface area contributed by atoms with E-state index in [0.717, 1.165) is 36.9 Å². The summed E-state index contributed by atoms with van der Waals surface area (Å²) in [5.41, 5.74) is 6.02. The maximum Gasteiger partial charge on any atom is 0.191 e. The SMILES string of the molecule is CN=C(NCc1ccc(C)cc1OCC1CCOC1)NCc1ccc(C)cc1N(C)C. The third-order valence-electron chi connectivity index (χ3n) is 5.56. The summed E-state index contributed by atoms with van der Waals surface area (Å²) in [6, 6.07) is 12.9. The Labute approximate surface area is 186 Å². The van der Waals surface area contributed by atoms with Crippen LogP contribution < -0.4 is 20.3 Å². The molecule has 168 valence electrons. The van der Waals surface area contributed by atoms with Crippen molar-refractivity contribution in [2.24, 2.45) is 10.9 Å². The van der Waals surface area contributed by atoms with Crippen molar-refractivity contribution in [3.05, 3.63) is 58.7 Å². The Balaban J connectivity index is 1.59. The van der Waals surface area contributed by atoms with Gasteiger partial charge in [0.1, 0.15) is 5.75 Å². The Morgan fingerprint density at radius 3 is 2.39 bits per heavy atom. The molecule has 1 aliphatic rings. The Kier molecular flexibility index (Phi) is 8.18. The molecule has 1 fully saturated rings. The van der Waals surface area contributed by atoms with E-state index in [4.69, 9.17) is 9.47 Å². The van der Waals surface area contributed by atoms with Crippen LogP contribution in [0.5, 0.6) is 5.75 Å². The van der Waals surface area contributed by atoms with Gasteiger partial charge in [0, 0.05) is 58.0 Å². The van der Waals surface area contributed by atoms with Gasteiger partial charge in [0.25, 0.3) is 0 Å². The van der Waals surface area contributed by atoms with Crippen molar-refractivity contribution in [2.75, 3.05) is 45.9 Å². The lowest BCUT2D eigenvalue weighted by molar-refractivity contribution is 0.166. The van der Waals surface area contributed by atoms with E-state index < -0.39 is 0 Å². The van der Waals surface area contributed by atoms with Gasteiger partial charge >= 0.3 is 0 Å². The number of aliphatic imine (C=N–C) groups is 1. The van der Waals surface area contributed by atoms with E-state index in [1.807, 2.05) is 0 Å². The molecule has 0 aromatic heterocycles. The lowest BCUT2D eigenvalue weighted by Crippen LogP contribution is -2.36. The van der Waals surface area contributed by atoms with Gasteiger partial charge in [0.15, 0.2) is 5.96 Å². The van der Waals surface area contributed by atoms with E-state index in [1.165, 1.54) is 22.4 Å². The van der Waals surface area contributed by atoms with E-state index >= 15 is 0 Å². The smallest absolute Gasteiger partial charge is 0.191 e. The number of hydrogen-bond acceptors (Lipinski definition) is 4. The van der Waals surface area contributed by atoms with Crippen LogP contribution in [0.2, 0.25) is 0 Å². The summed E-state index contributed by atoms with van der Waals surface area (Å²) in [5.74, 6) is 2.18. The third kappa shape index (κ3) is 6.62. The molecular formula is C25H36N4O2. The van der Waals surface area contributed by atoms with E-state index in [9.17, 15) is 0 Å². The number of nitrogens with zero attached hydrogens (tertiary/aromatic N) is 2. The predicted octanol–water partition coefficient (Wildman–Crippen LogP) is 3.65. The molecule has 6 heteroatoms. The molecule has 1 unspecified atom stereocenters. The molecule has 0 aliphatic carbocycles. The molecule has 2 aromatic carbocycles. The van der Waals surface area contributed by atoms with Gasteiger partial charge in [0.2, 0.25) is 0 Å². The predicted molar refractivity (Wildman–Crippen MR) is 128 cm³/mol. The molecule has 6 nitrogen and oxygen atoms in total. The second-order valence-electron chi connectivity index (χ2n) is 8.46. The number of anilines is 1. The highest BCUT2D eigenvalue weighted by Crippen LogP contribution is 2.23. The largest absolute Gasteiger partial charge is 0.493 e. The molecule has 0 amide bonds. The van der Waals surface area contributed by atoms with Crippen LogP contribution in [0.15, 0.2) is 41.4 Å². The zero-order chi connectivity index (χ0) is 22.2. The molecule has 1 heterocycles. The Morgan fingerprint density at radius 2 is 1.74 bits per heavy atom.